The zero-order chi connectivity index (χ0) is 27.0. The SMILES string of the molecule is CCCCNC(=O)C(c1cccc(C)c1C)N(C(=O)C(NC(=O)OC(C)(C)C)C(C)CC)C1CCC1. The van der Waals surface area contributed by atoms with Crippen molar-refractivity contribution in [2.24, 2.45) is 5.92 Å². The van der Waals surface area contributed by atoms with Gasteiger partial charge >= 0.3 is 6.09 Å². The molecule has 0 spiro atoms. The summed E-state index contributed by atoms with van der Waals surface area (Å²) in [4.78, 5) is 42.5. The Morgan fingerprint density at radius 3 is 2.33 bits per heavy atom. The fraction of sp³-hybridized carbons (Fsp3) is 0.690. The number of alkyl carbamates (subject to hydrolysis) is 1. The summed E-state index contributed by atoms with van der Waals surface area (Å²) in [6, 6.07) is 4.31. The molecule has 7 nitrogen and oxygen atoms in total. The van der Waals surface area contributed by atoms with E-state index in [1.165, 1.54) is 0 Å². The average molecular weight is 502 g/mol. The minimum Gasteiger partial charge on any atom is -0.444 e. The molecule has 1 aromatic carbocycles. The molecule has 2 rings (SSSR count). The molecule has 2 N–H and O–H groups in total. The van der Waals surface area contributed by atoms with E-state index in [2.05, 4.69) is 17.6 Å². The van der Waals surface area contributed by atoms with E-state index in [9.17, 15) is 14.4 Å². The van der Waals surface area contributed by atoms with Crippen LogP contribution < -0.4 is 10.6 Å². The van der Waals surface area contributed by atoms with Crippen LogP contribution in [-0.4, -0.2) is 47.0 Å². The monoisotopic (exact) mass is 501 g/mol. The van der Waals surface area contributed by atoms with Crippen LogP contribution in [0.5, 0.6) is 0 Å². The van der Waals surface area contributed by atoms with Gasteiger partial charge in [0.15, 0.2) is 0 Å². The third kappa shape index (κ3) is 7.71. The smallest absolute Gasteiger partial charge is 0.408 e. The number of hydrogen-bond donors (Lipinski definition) is 2. The summed E-state index contributed by atoms with van der Waals surface area (Å²) >= 11 is 0. The van der Waals surface area contributed by atoms with Crippen LogP contribution in [0.3, 0.4) is 0 Å². The van der Waals surface area contributed by atoms with Gasteiger partial charge in [0.05, 0.1) is 0 Å². The number of nitrogens with one attached hydrogen (secondary N) is 2. The van der Waals surface area contributed by atoms with E-state index in [1.807, 2.05) is 45.9 Å². The number of benzene rings is 1. The highest BCUT2D eigenvalue weighted by molar-refractivity contribution is 5.93. The van der Waals surface area contributed by atoms with Crippen molar-refractivity contribution in [2.45, 2.75) is 118 Å². The first-order chi connectivity index (χ1) is 16.9. The Labute approximate surface area is 217 Å². The lowest BCUT2D eigenvalue weighted by molar-refractivity contribution is -0.148. The summed E-state index contributed by atoms with van der Waals surface area (Å²) in [7, 11) is 0. The molecule has 1 aliphatic carbocycles. The van der Waals surface area contributed by atoms with E-state index in [4.69, 9.17) is 4.74 Å². The number of nitrogens with zero attached hydrogens (tertiary/aromatic N) is 1. The molecule has 202 valence electrons. The molecule has 3 amide bonds. The highest BCUT2D eigenvalue weighted by Gasteiger charge is 2.43. The number of unbranched alkanes of at least 4 members (excludes halogenated alkanes) is 1. The Morgan fingerprint density at radius 2 is 1.81 bits per heavy atom. The maximum Gasteiger partial charge on any atom is 0.408 e. The van der Waals surface area contributed by atoms with Crippen LogP contribution in [0.25, 0.3) is 0 Å². The molecule has 1 saturated carbocycles. The Bertz CT molecular complexity index is 904. The second kappa shape index (κ2) is 13.1. The van der Waals surface area contributed by atoms with Crippen LogP contribution in [0.4, 0.5) is 4.79 Å². The number of hydrogen-bond acceptors (Lipinski definition) is 4. The van der Waals surface area contributed by atoms with Gasteiger partial charge in [0.1, 0.15) is 17.7 Å². The first-order valence-corrected chi connectivity index (χ1v) is 13.6. The minimum atomic E-state index is -0.790. The number of carbonyl (C=O) groups is 3. The molecule has 0 radical (unpaired) electrons. The fourth-order valence-electron chi connectivity index (χ4n) is 4.43. The van der Waals surface area contributed by atoms with Gasteiger partial charge in [0.25, 0.3) is 0 Å². The maximum absolute atomic E-state index is 14.3. The van der Waals surface area contributed by atoms with Gasteiger partial charge in [0, 0.05) is 12.6 Å². The lowest BCUT2D eigenvalue weighted by Gasteiger charge is -2.44. The van der Waals surface area contributed by atoms with Crippen LogP contribution >= 0.6 is 0 Å². The lowest BCUT2D eigenvalue weighted by atomic mass is 9.85. The Morgan fingerprint density at radius 1 is 1.14 bits per heavy atom. The Balaban J connectivity index is 2.53. The molecular formula is C29H47N3O4. The van der Waals surface area contributed by atoms with Gasteiger partial charge in [-0.15, -0.1) is 0 Å². The van der Waals surface area contributed by atoms with Crippen LogP contribution in [0.1, 0.15) is 103 Å². The van der Waals surface area contributed by atoms with Crippen LogP contribution in [0.2, 0.25) is 0 Å². The highest BCUT2D eigenvalue weighted by Crippen LogP contribution is 2.36. The van der Waals surface area contributed by atoms with E-state index in [-0.39, 0.29) is 23.8 Å². The summed E-state index contributed by atoms with van der Waals surface area (Å²) < 4.78 is 5.49. The molecule has 0 aromatic heterocycles. The van der Waals surface area contributed by atoms with Gasteiger partial charge in [-0.25, -0.2) is 4.79 Å². The van der Waals surface area contributed by atoms with Crippen molar-refractivity contribution in [1.29, 1.82) is 0 Å². The van der Waals surface area contributed by atoms with Gasteiger partial charge in [-0.3, -0.25) is 9.59 Å². The van der Waals surface area contributed by atoms with E-state index in [0.717, 1.165) is 48.8 Å². The Hall–Kier alpha value is -2.57. The number of carbonyl (C=O) groups excluding carboxylic acids is 3. The zero-order valence-electron chi connectivity index (χ0n) is 23.6. The molecule has 0 bridgehead atoms. The fourth-order valence-corrected chi connectivity index (χ4v) is 4.43. The summed E-state index contributed by atoms with van der Waals surface area (Å²) in [6.07, 6.45) is 4.61. The van der Waals surface area contributed by atoms with E-state index >= 15 is 0 Å². The van der Waals surface area contributed by atoms with Crippen LogP contribution in [-0.2, 0) is 14.3 Å². The molecule has 7 heteroatoms. The van der Waals surface area contributed by atoms with Crippen molar-refractivity contribution in [3.8, 4) is 0 Å². The third-order valence-electron chi connectivity index (χ3n) is 7.17. The molecule has 1 aromatic rings. The van der Waals surface area contributed by atoms with Crippen molar-refractivity contribution in [3.63, 3.8) is 0 Å². The highest BCUT2D eigenvalue weighted by atomic mass is 16.6. The standard InChI is InChI=1S/C29H47N3O4/c1-9-11-18-30-26(33)25(23-17-12-14-20(4)21(23)5)32(22-15-13-16-22)27(34)24(19(3)10-2)31-28(35)36-29(6,7)8/h12,14,17,19,22,24-25H,9-11,13,15-16,18H2,1-8H3,(H,30,33)(H,31,35). The normalized spacial score (nSPS) is 16.3. The van der Waals surface area contributed by atoms with Gasteiger partial charge in [-0.05, 0) is 82.9 Å². The summed E-state index contributed by atoms with van der Waals surface area (Å²) in [5.41, 5.74) is 2.24. The first-order valence-electron chi connectivity index (χ1n) is 13.6. The van der Waals surface area contributed by atoms with E-state index < -0.39 is 23.8 Å². The summed E-state index contributed by atoms with van der Waals surface area (Å²) in [5.74, 6) is -0.524. The van der Waals surface area contributed by atoms with E-state index in [0.29, 0.717) is 13.0 Å². The number of rotatable bonds is 11. The molecule has 1 fully saturated rings. The number of ether oxygens (including phenoxy) is 1. The molecule has 1 aliphatic rings. The van der Waals surface area contributed by atoms with Crippen molar-refractivity contribution in [3.05, 3.63) is 34.9 Å². The number of aryl methyl sites for hydroxylation is 1. The molecule has 36 heavy (non-hydrogen) atoms. The largest absolute Gasteiger partial charge is 0.444 e. The van der Waals surface area contributed by atoms with Crippen molar-refractivity contribution < 1.29 is 19.1 Å². The zero-order valence-corrected chi connectivity index (χ0v) is 23.6. The predicted octanol–water partition coefficient (Wildman–Crippen LogP) is 5.58. The van der Waals surface area contributed by atoms with Crippen molar-refractivity contribution in [1.82, 2.24) is 15.5 Å². The first kappa shape index (κ1) is 29.7. The number of amides is 3. The Kier molecular flexibility index (Phi) is 10.8. The second-order valence-corrected chi connectivity index (χ2v) is 11.2. The van der Waals surface area contributed by atoms with Gasteiger partial charge < -0.3 is 20.3 Å². The lowest BCUT2D eigenvalue weighted by Crippen LogP contribution is -2.59. The minimum absolute atomic E-state index is 0.0497. The molecule has 0 aliphatic heterocycles. The van der Waals surface area contributed by atoms with Crippen LogP contribution in [0, 0.1) is 19.8 Å². The second-order valence-electron chi connectivity index (χ2n) is 11.2. The molecule has 3 atom stereocenters. The molecule has 0 heterocycles. The van der Waals surface area contributed by atoms with E-state index in [1.54, 1.807) is 25.7 Å². The van der Waals surface area contributed by atoms with Gasteiger partial charge in [-0.1, -0.05) is 51.8 Å². The van der Waals surface area contributed by atoms with Gasteiger partial charge in [-0.2, -0.15) is 0 Å². The van der Waals surface area contributed by atoms with Crippen molar-refractivity contribution >= 4 is 17.9 Å². The quantitative estimate of drug-likeness (QED) is 0.387. The molecular weight excluding hydrogens is 454 g/mol. The maximum atomic E-state index is 14.3. The topological polar surface area (TPSA) is 87.7 Å². The van der Waals surface area contributed by atoms with Gasteiger partial charge in [0.2, 0.25) is 11.8 Å². The molecule has 3 unspecified atom stereocenters. The summed E-state index contributed by atoms with van der Waals surface area (Å²) in [6.45, 7) is 16.0. The summed E-state index contributed by atoms with van der Waals surface area (Å²) in [5, 5.41) is 5.92. The van der Waals surface area contributed by atoms with Crippen LogP contribution in [0.15, 0.2) is 18.2 Å². The predicted molar refractivity (Wildman–Crippen MR) is 144 cm³/mol. The average Bonchev–Trinajstić information content (AvgIpc) is 2.76. The third-order valence-corrected chi connectivity index (χ3v) is 7.17. The molecule has 0 saturated heterocycles. The van der Waals surface area contributed by atoms with Crippen molar-refractivity contribution in [2.75, 3.05) is 6.54 Å².